The molecule has 0 saturated heterocycles. The summed E-state index contributed by atoms with van der Waals surface area (Å²) in [5, 5.41) is 23.7. The van der Waals surface area contributed by atoms with E-state index in [-0.39, 0.29) is 36.2 Å². The highest BCUT2D eigenvalue weighted by molar-refractivity contribution is 7.06. The van der Waals surface area contributed by atoms with Crippen LogP contribution in [0.15, 0.2) is 48.5 Å². The van der Waals surface area contributed by atoms with E-state index in [4.69, 9.17) is 9.97 Å². The molecule has 2 heterocycles. The first-order valence-corrected chi connectivity index (χ1v) is 12.4. The fraction of sp³-hybridized carbons (Fsp3) is 0.273. The second-order valence-electron chi connectivity index (χ2n) is 8.22. The quantitative estimate of drug-likeness (QED) is 0.115. The number of hydrogen-bond acceptors (Lipinski definition) is 10. The monoisotopic (exact) mass is 598 g/mol. The zero-order valence-electron chi connectivity index (χ0n) is 20.8. The smallest absolute Gasteiger partial charge is 0.345 e. The van der Waals surface area contributed by atoms with Gasteiger partial charge >= 0.3 is 21.9 Å². The fourth-order valence-corrected chi connectivity index (χ4v) is 5.13. The molecule has 0 aliphatic carbocycles. The molecule has 0 radical (unpaired) electrons. The molecular formula is C22H24Cl2N8O4S2. The summed E-state index contributed by atoms with van der Waals surface area (Å²) in [7, 11) is 7.65. The molecule has 0 aliphatic heterocycles. The van der Waals surface area contributed by atoms with Gasteiger partial charge in [-0.05, 0) is 34.2 Å². The third-order valence-electron chi connectivity index (χ3n) is 5.20. The summed E-state index contributed by atoms with van der Waals surface area (Å²) in [6, 6.07) is 12.7. The number of nitrogens with zero attached hydrogens (tertiary/aromatic N) is 8. The van der Waals surface area contributed by atoms with Crippen LogP contribution in [0, 0.1) is 20.2 Å². The molecule has 0 fully saturated rings. The number of anilines is 2. The Bertz CT molecular complexity index is 1300. The molecule has 0 spiro atoms. The zero-order valence-corrected chi connectivity index (χ0v) is 24.0. The minimum absolute atomic E-state index is 0. The number of aryl methyl sites for hydroxylation is 2. The first-order chi connectivity index (χ1) is 17.1. The summed E-state index contributed by atoms with van der Waals surface area (Å²) in [5.41, 5.74) is 1.61. The van der Waals surface area contributed by atoms with E-state index in [0.717, 1.165) is 21.4 Å². The summed E-state index contributed by atoms with van der Waals surface area (Å²) in [4.78, 5) is 34.6. The number of hydrogen-bond donors (Lipinski definition) is 0. The van der Waals surface area contributed by atoms with Gasteiger partial charge in [0.15, 0.2) is 0 Å². The number of aromatic nitrogens is 4. The van der Waals surface area contributed by atoms with Gasteiger partial charge in [-0.25, -0.2) is 0 Å². The predicted molar refractivity (Wildman–Crippen MR) is 137 cm³/mol. The second-order valence-corrected chi connectivity index (χ2v) is 10.2. The van der Waals surface area contributed by atoms with E-state index in [1.807, 2.05) is 38.0 Å². The van der Waals surface area contributed by atoms with Crippen LogP contribution in [0.25, 0.3) is 22.8 Å². The maximum Gasteiger partial charge on any atom is 0.345 e. The maximum atomic E-state index is 11.1. The van der Waals surface area contributed by atoms with Gasteiger partial charge in [0.1, 0.15) is 36.2 Å². The largest absolute Gasteiger partial charge is 1.00 e. The van der Waals surface area contributed by atoms with E-state index in [0.29, 0.717) is 24.7 Å². The van der Waals surface area contributed by atoms with E-state index in [1.165, 1.54) is 47.3 Å². The second kappa shape index (κ2) is 12.9. The van der Waals surface area contributed by atoms with Crippen molar-refractivity contribution in [1.82, 2.24) is 9.97 Å². The van der Waals surface area contributed by atoms with E-state index in [2.05, 4.69) is 7.91 Å². The van der Waals surface area contributed by atoms with E-state index < -0.39 is 9.85 Å². The molecule has 4 aromatic rings. The van der Waals surface area contributed by atoms with Crippen molar-refractivity contribution in [2.45, 2.75) is 13.1 Å². The normalized spacial score (nSPS) is 10.3. The average Bonchev–Trinajstić information content (AvgIpc) is 3.48. The maximum absolute atomic E-state index is 11.1. The minimum Gasteiger partial charge on any atom is -1.00 e. The van der Waals surface area contributed by atoms with Crippen LogP contribution in [0.2, 0.25) is 0 Å². The lowest BCUT2D eigenvalue weighted by molar-refractivity contribution is -0.707. The topological polar surface area (TPSA) is 126 Å². The van der Waals surface area contributed by atoms with Gasteiger partial charge in [-0.3, -0.25) is 20.2 Å². The highest BCUT2D eigenvalue weighted by atomic mass is 35.5. The van der Waals surface area contributed by atoms with Crippen molar-refractivity contribution in [1.29, 1.82) is 0 Å². The first-order valence-electron chi connectivity index (χ1n) is 10.8. The van der Waals surface area contributed by atoms with Crippen molar-refractivity contribution >= 4 is 44.7 Å². The fourth-order valence-electron chi connectivity index (χ4n) is 3.35. The van der Waals surface area contributed by atoms with Crippen molar-refractivity contribution in [2.24, 2.45) is 0 Å². The third kappa shape index (κ3) is 6.69. The molecule has 38 heavy (non-hydrogen) atoms. The van der Waals surface area contributed by atoms with Crippen LogP contribution < -0.4 is 42.5 Å². The van der Waals surface area contributed by atoms with E-state index >= 15 is 0 Å². The molecular weight excluding hydrogens is 575 g/mol. The summed E-state index contributed by atoms with van der Waals surface area (Å²) < 4.78 is 4.11. The Labute approximate surface area is 239 Å². The average molecular weight is 600 g/mol. The Kier molecular flexibility index (Phi) is 10.4. The lowest BCUT2D eigenvalue weighted by Crippen LogP contribution is -3.00. The number of nitro groups is 2. The van der Waals surface area contributed by atoms with Gasteiger partial charge in [0.05, 0.1) is 21.0 Å². The molecule has 2 aromatic carbocycles. The summed E-state index contributed by atoms with van der Waals surface area (Å²) >= 11 is 2.99. The zero-order chi connectivity index (χ0) is 26.0. The van der Waals surface area contributed by atoms with Crippen LogP contribution in [0.5, 0.6) is 0 Å². The molecule has 2 aromatic heterocycles. The van der Waals surface area contributed by atoms with Gasteiger partial charge in [-0.15, -0.1) is 0 Å². The number of halogens is 2. The Morgan fingerprint density at radius 2 is 1.00 bits per heavy atom. The van der Waals surface area contributed by atoms with Crippen molar-refractivity contribution in [2.75, 3.05) is 38.0 Å². The molecule has 0 aliphatic rings. The highest BCUT2D eigenvalue weighted by Crippen LogP contribution is 2.25. The van der Waals surface area contributed by atoms with Gasteiger partial charge in [-0.2, -0.15) is 7.91 Å². The molecule has 0 bridgehead atoms. The SMILES string of the molecule is CN(C)c1nc(-c2ccc([N+](=O)[O-])cc2)[n+](CC[n+]2sc(N(C)C)nc2-c2ccc([N+](=O)[O-])cc2)s1.[Cl-].[Cl-]. The lowest BCUT2D eigenvalue weighted by atomic mass is 10.2. The van der Waals surface area contributed by atoms with E-state index in [1.54, 1.807) is 24.3 Å². The van der Waals surface area contributed by atoms with Crippen LogP contribution in [-0.4, -0.2) is 48.0 Å². The van der Waals surface area contributed by atoms with Crippen molar-refractivity contribution < 1.29 is 42.6 Å². The number of nitro benzene ring substituents is 2. The van der Waals surface area contributed by atoms with Crippen LogP contribution >= 0.6 is 23.1 Å². The van der Waals surface area contributed by atoms with Crippen molar-refractivity contribution in [3.05, 3.63) is 68.8 Å². The first kappa shape index (κ1) is 30.8. The number of non-ortho nitro benzene ring substituents is 2. The highest BCUT2D eigenvalue weighted by Gasteiger charge is 2.28. The molecule has 0 saturated carbocycles. The van der Waals surface area contributed by atoms with Crippen LogP contribution in [0.4, 0.5) is 21.6 Å². The van der Waals surface area contributed by atoms with Crippen LogP contribution in [0.3, 0.4) is 0 Å². The molecule has 0 atom stereocenters. The summed E-state index contributed by atoms with van der Waals surface area (Å²) in [6.07, 6.45) is 0. The summed E-state index contributed by atoms with van der Waals surface area (Å²) in [6.45, 7) is 1.16. The predicted octanol–water partition coefficient (Wildman–Crippen LogP) is -2.83. The third-order valence-corrected chi connectivity index (χ3v) is 7.59. The Morgan fingerprint density at radius 1 is 0.684 bits per heavy atom. The van der Waals surface area contributed by atoms with E-state index in [9.17, 15) is 20.2 Å². The Hall–Kier alpha value is -3.46. The van der Waals surface area contributed by atoms with Crippen LogP contribution in [0.1, 0.15) is 0 Å². The van der Waals surface area contributed by atoms with Gasteiger partial charge in [-0.1, -0.05) is 0 Å². The lowest BCUT2D eigenvalue weighted by Gasteiger charge is -2.00. The molecule has 12 nitrogen and oxygen atoms in total. The minimum atomic E-state index is -0.424. The molecule has 4 rings (SSSR count). The van der Waals surface area contributed by atoms with Crippen molar-refractivity contribution in [3.63, 3.8) is 0 Å². The molecule has 16 heteroatoms. The van der Waals surface area contributed by atoms with Gasteiger partial charge < -0.3 is 34.6 Å². The Balaban J connectivity index is 0.00000253. The number of benzene rings is 2. The van der Waals surface area contributed by atoms with Crippen LogP contribution in [-0.2, 0) is 13.1 Å². The molecule has 0 amide bonds. The molecule has 0 N–H and O–H groups in total. The van der Waals surface area contributed by atoms with Gasteiger partial charge in [0.2, 0.25) is 0 Å². The molecule has 202 valence electrons. The standard InChI is InChI=1S/C22H24N8O4S2.2ClH/c1-25(2)21-23-19(15-5-9-17(10-6-15)29(31)32)27(35-21)13-14-28-20(24-22(36-28)26(3)4)16-7-11-18(12-8-16)30(33)34;;/h5-12H,13-14H2,1-4H3;2*1H/q+2;;/p-2. The summed E-state index contributed by atoms with van der Waals surface area (Å²) in [5.74, 6) is 1.43. The Morgan fingerprint density at radius 3 is 1.26 bits per heavy atom. The van der Waals surface area contributed by atoms with Gasteiger partial charge in [0, 0.05) is 52.5 Å². The molecule has 0 unspecified atom stereocenters. The van der Waals surface area contributed by atoms with Gasteiger partial charge in [0.25, 0.3) is 11.4 Å². The number of rotatable bonds is 9. The van der Waals surface area contributed by atoms with Crippen molar-refractivity contribution in [3.8, 4) is 22.8 Å².